The van der Waals surface area contributed by atoms with Gasteiger partial charge in [0.1, 0.15) is 5.75 Å². The molecule has 2 aromatic rings. The minimum Gasteiger partial charge on any atom is -0.439 e. The number of amides is 2. The van der Waals surface area contributed by atoms with Crippen molar-refractivity contribution in [2.45, 2.75) is 33.0 Å². The lowest BCUT2D eigenvalue weighted by Gasteiger charge is -2.34. The van der Waals surface area contributed by atoms with Gasteiger partial charge in [-0.15, -0.1) is 0 Å². The minimum atomic E-state index is -3.47. The maximum absolute atomic E-state index is 12.5. The molecule has 2 atom stereocenters. The minimum absolute atomic E-state index is 0.00364. The first kappa shape index (κ1) is 23.0. The lowest BCUT2D eigenvalue weighted by molar-refractivity contribution is -0.0440. The molecule has 2 N–H and O–H groups in total. The van der Waals surface area contributed by atoms with E-state index in [4.69, 9.17) is 9.47 Å². The van der Waals surface area contributed by atoms with Crippen LogP contribution in [0.15, 0.2) is 42.6 Å². The molecule has 9 nitrogen and oxygen atoms in total. The highest BCUT2D eigenvalue weighted by atomic mass is 32.2. The van der Waals surface area contributed by atoms with Crippen LogP contribution in [-0.2, 0) is 14.8 Å². The summed E-state index contributed by atoms with van der Waals surface area (Å²) in [5.41, 5.74) is 1.60. The third-order valence-electron chi connectivity index (χ3n) is 4.66. The summed E-state index contributed by atoms with van der Waals surface area (Å²) in [6.45, 7) is 6.32. The van der Waals surface area contributed by atoms with Gasteiger partial charge in [-0.1, -0.05) is 17.7 Å². The van der Waals surface area contributed by atoms with Crippen LogP contribution in [0.3, 0.4) is 0 Å². The van der Waals surface area contributed by atoms with E-state index < -0.39 is 16.1 Å². The van der Waals surface area contributed by atoms with Crippen molar-refractivity contribution in [3.63, 3.8) is 0 Å². The highest BCUT2D eigenvalue weighted by molar-refractivity contribution is 7.89. The summed E-state index contributed by atoms with van der Waals surface area (Å²) in [5.74, 6) is 0.887. The quantitative estimate of drug-likeness (QED) is 0.674. The van der Waals surface area contributed by atoms with E-state index in [0.717, 1.165) is 5.56 Å². The number of benzene rings is 1. The topological polar surface area (TPSA) is 110 Å². The number of hydrogen-bond acceptors (Lipinski definition) is 6. The molecule has 0 radical (unpaired) electrons. The third-order valence-corrected chi connectivity index (χ3v) is 6.47. The molecule has 1 saturated heterocycles. The second kappa shape index (κ2) is 10.1. The largest absolute Gasteiger partial charge is 0.439 e. The van der Waals surface area contributed by atoms with Crippen molar-refractivity contribution in [2.24, 2.45) is 0 Å². The zero-order chi connectivity index (χ0) is 22.4. The molecule has 168 valence electrons. The van der Waals surface area contributed by atoms with Gasteiger partial charge in [0.25, 0.3) is 0 Å². The van der Waals surface area contributed by atoms with Gasteiger partial charge in [-0.3, -0.25) is 0 Å². The Bertz CT molecular complexity index is 970. The van der Waals surface area contributed by atoms with Gasteiger partial charge in [-0.25, -0.2) is 18.2 Å². The van der Waals surface area contributed by atoms with E-state index in [1.807, 2.05) is 45.0 Å². The molecule has 0 spiro atoms. The standard InChI is InChI=1S/C21H28N4O5S/c1-15-4-7-19(8-5-15)30-20-9-6-18(12-23-20)24-21(26)22-10-11-31(27,28)25-13-16(2)29-17(3)14-25/h4-9,12,16-17H,10-11,13-14H2,1-3H3,(H2,22,24,26). The first-order chi connectivity index (χ1) is 14.7. The maximum Gasteiger partial charge on any atom is 0.319 e. The number of sulfonamides is 1. The fourth-order valence-electron chi connectivity index (χ4n) is 3.20. The van der Waals surface area contributed by atoms with Crippen LogP contribution in [0.2, 0.25) is 0 Å². The zero-order valence-electron chi connectivity index (χ0n) is 17.9. The number of hydrogen-bond donors (Lipinski definition) is 2. The monoisotopic (exact) mass is 448 g/mol. The first-order valence-corrected chi connectivity index (χ1v) is 11.7. The molecular formula is C21H28N4O5S. The lowest BCUT2D eigenvalue weighted by Crippen LogP contribution is -2.49. The number of ether oxygens (including phenoxy) is 2. The Balaban J connectivity index is 1.44. The van der Waals surface area contributed by atoms with Crippen molar-refractivity contribution in [1.82, 2.24) is 14.6 Å². The van der Waals surface area contributed by atoms with Crippen LogP contribution < -0.4 is 15.4 Å². The van der Waals surface area contributed by atoms with E-state index in [9.17, 15) is 13.2 Å². The zero-order valence-corrected chi connectivity index (χ0v) is 18.7. The molecule has 2 heterocycles. The Morgan fingerprint density at radius 1 is 1.16 bits per heavy atom. The fourth-order valence-corrected chi connectivity index (χ4v) is 4.69. The Kier molecular flexibility index (Phi) is 7.47. The molecule has 1 aromatic heterocycles. The van der Waals surface area contributed by atoms with Gasteiger partial charge in [0.2, 0.25) is 15.9 Å². The van der Waals surface area contributed by atoms with Crippen LogP contribution in [0.25, 0.3) is 0 Å². The molecule has 3 rings (SSSR count). The fraction of sp³-hybridized carbons (Fsp3) is 0.429. The number of carbonyl (C=O) groups excluding carboxylic acids is 1. The average molecular weight is 449 g/mol. The van der Waals surface area contributed by atoms with Crippen molar-refractivity contribution in [2.75, 3.05) is 30.7 Å². The third kappa shape index (κ3) is 6.91. The summed E-state index contributed by atoms with van der Waals surface area (Å²) in [4.78, 5) is 16.2. The van der Waals surface area contributed by atoms with E-state index in [-0.39, 0.29) is 24.5 Å². The Morgan fingerprint density at radius 2 is 1.84 bits per heavy atom. The normalized spacial score (nSPS) is 19.6. The van der Waals surface area contributed by atoms with Crippen LogP contribution in [0.5, 0.6) is 11.6 Å². The number of aryl methyl sites for hydroxylation is 1. The number of morpholine rings is 1. The van der Waals surface area contributed by atoms with Gasteiger partial charge in [0.15, 0.2) is 0 Å². The van der Waals surface area contributed by atoms with E-state index in [1.165, 1.54) is 10.5 Å². The van der Waals surface area contributed by atoms with Crippen LogP contribution in [-0.4, -0.2) is 61.3 Å². The van der Waals surface area contributed by atoms with E-state index in [1.54, 1.807) is 12.1 Å². The van der Waals surface area contributed by atoms with Crippen molar-refractivity contribution < 1.29 is 22.7 Å². The number of aromatic nitrogens is 1. The maximum atomic E-state index is 12.5. The Hall–Kier alpha value is -2.69. The molecular weight excluding hydrogens is 420 g/mol. The predicted molar refractivity (Wildman–Crippen MR) is 118 cm³/mol. The molecule has 2 amide bonds. The number of nitrogens with zero attached hydrogens (tertiary/aromatic N) is 2. The molecule has 0 bridgehead atoms. The van der Waals surface area contributed by atoms with Crippen molar-refractivity contribution in [1.29, 1.82) is 0 Å². The van der Waals surface area contributed by atoms with Gasteiger partial charge in [0, 0.05) is 25.7 Å². The average Bonchev–Trinajstić information content (AvgIpc) is 2.70. The van der Waals surface area contributed by atoms with Gasteiger partial charge >= 0.3 is 6.03 Å². The van der Waals surface area contributed by atoms with E-state index in [2.05, 4.69) is 15.6 Å². The summed E-state index contributed by atoms with van der Waals surface area (Å²) in [6.07, 6.45) is 1.16. The summed E-state index contributed by atoms with van der Waals surface area (Å²) in [6, 6.07) is 10.4. The molecule has 1 aliphatic rings. The highest BCUT2D eigenvalue weighted by Crippen LogP contribution is 2.20. The van der Waals surface area contributed by atoms with Gasteiger partial charge < -0.3 is 20.1 Å². The van der Waals surface area contributed by atoms with E-state index >= 15 is 0 Å². The predicted octanol–water partition coefficient (Wildman–Crippen LogP) is 2.74. The van der Waals surface area contributed by atoms with Crippen molar-refractivity contribution in [3.8, 4) is 11.6 Å². The summed E-state index contributed by atoms with van der Waals surface area (Å²) >= 11 is 0. The second-order valence-corrected chi connectivity index (χ2v) is 9.66. The van der Waals surface area contributed by atoms with Gasteiger partial charge in [-0.05, 0) is 39.0 Å². The summed E-state index contributed by atoms with van der Waals surface area (Å²) in [5, 5.41) is 5.19. The number of carbonyl (C=O) groups is 1. The number of rotatable bonds is 7. The Labute approximate surface area is 182 Å². The van der Waals surface area contributed by atoms with Crippen LogP contribution in [0, 0.1) is 6.92 Å². The number of pyridine rings is 1. The molecule has 0 aliphatic carbocycles. The molecule has 2 unspecified atom stereocenters. The second-order valence-electron chi connectivity index (χ2n) is 7.57. The van der Waals surface area contributed by atoms with E-state index in [0.29, 0.717) is 30.4 Å². The summed E-state index contributed by atoms with van der Waals surface area (Å²) < 4.78 is 37.6. The van der Waals surface area contributed by atoms with Crippen molar-refractivity contribution in [3.05, 3.63) is 48.2 Å². The highest BCUT2D eigenvalue weighted by Gasteiger charge is 2.30. The Morgan fingerprint density at radius 3 is 2.45 bits per heavy atom. The molecule has 31 heavy (non-hydrogen) atoms. The molecule has 10 heteroatoms. The molecule has 0 saturated carbocycles. The molecule has 1 aromatic carbocycles. The first-order valence-electron chi connectivity index (χ1n) is 10.1. The number of anilines is 1. The van der Waals surface area contributed by atoms with Crippen molar-refractivity contribution >= 4 is 21.7 Å². The lowest BCUT2D eigenvalue weighted by atomic mass is 10.2. The summed E-state index contributed by atoms with van der Waals surface area (Å²) in [7, 11) is -3.47. The molecule has 1 aliphatic heterocycles. The van der Waals surface area contributed by atoms with Crippen LogP contribution >= 0.6 is 0 Å². The smallest absolute Gasteiger partial charge is 0.319 e. The number of urea groups is 1. The van der Waals surface area contributed by atoms with Crippen LogP contribution in [0.1, 0.15) is 19.4 Å². The van der Waals surface area contributed by atoms with Gasteiger partial charge in [-0.2, -0.15) is 4.31 Å². The molecule has 1 fully saturated rings. The SMILES string of the molecule is Cc1ccc(Oc2ccc(NC(=O)NCCS(=O)(=O)N3CC(C)OC(C)C3)cn2)cc1. The van der Waals surface area contributed by atoms with Gasteiger partial charge in [0.05, 0.1) is 29.8 Å². The number of nitrogens with one attached hydrogen (secondary N) is 2. The van der Waals surface area contributed by atoms with Crippen LogP contribution in [0.4, 0.5) is 10.5 Å².